The van der Waals surface area contributed by atoms with Crippen LogP contribution in [0, 0.1) is 0 Å². The molecule has 1 aromatic rings. The van der Waals surface area contributed by atoms with Crippen LogP contribution in [-0.4, -0.2) is 47.7 Å². The quantitative estimate of drug-likeness (QED) is 0.925. The molecule has 0 spiro atoms. The van der Waals surface area contributed by atoms with Gasteiger partial charge in [0.1, 0.15) is 6.10 Å². The third kappa shape index (κ3) is 2.61. The van der Waals surface area contributed by atoms with Gasteiger partial charge in [0.2, 0.25) is 0 Å². The molecule has 2 heterocycles. The van der Waals surface area contributed by atoms with E-state index in [0.717, 1.165) is 18.4 Å². The minimum atomic E-state index is -0.880. The molecule has 2 saturated heterocycles. The van der Waals surface area contributed by atoms with E-state index in [1.807, 2.05) is 30.3 Å². The number of carboxylic acids is 1. The van der Waals surface area contributed by atoms with E-state index in [-0.39, 0.29) is 12.0 Å². The van der Waals surface area contributed by atoms with Crippen molar-refractivity contribution in [1.82, 2.24) is 4.90 Å². The molecule has 5 nitrogen and oxygen atoms in total. The number of carbonyl (C=O) groups is 2. The lowest BCUT2D eigenvalue weighted by molar-refractivity contribution is -0.150. The Balaban J connectivity index is 1.73. The van der Waals surface area contributed by atoms with Gasteiger partial charge in [-0.1, -0.05) is 30.3 Å². The maximum Gasteiger partial charge on any atom is 0.314 e. The van der Waals surface area contributed by atoms with Crippen molar-refractivity contribution in [1.29, 1.82) is 0 Å². The molecule has 1 atom stereocenters. The third-order valence-electron chi connectivity index (χ3n) is 4.87. The van der Waals surface area contributed by atoms with Crippen LogP contribution < -0.4 is 0 Å². The zero-order chi connectivity index (χ0) is 15.6. The highest BCUT2D eigenvalue weighted by molar-refractivity contribution is 5.84. The van der Waals surface area contributed by atoms with Crippen molar-refractivity contribution in [2.75, 3.05) is 19.7 Å². The highest BCUT2D eigenvalue weighted by Crippen LogP contribution is 2.36. The van der Waals surface area contributed by atoms with Crippen LogP contribution in [0.25, 0.3) is 0 Å². The Morgan fingerprint density at radius 1 is 1.18 bits per heavy atom. The van der Waals surface area contributed by atoms with Crippen molar-refractivity contribution >= 4 is 11.9 Å². The van der Waals surface area contributed by atoms with Gasteiger partial charge >= 0.3 is 5.97 Å². The standard InChI is InChI=1S/C17H21NO4/c19-15(14-7-4-12-22-14)18-10-8-17(9-11-18,16(20)21)13-5-2-1-3-6-13/h1-3,5-6,14H,4,7-12H2,(H,20,21)/t14-/m0/s1. The number of aliphatic carboxylic acids is 1. The summed E-state index contributed by atoms with van der Waals surface area (Å²) >= 11 is 0. The number of carboxylic acid groups (broad SMARTS) is 1. The average molecular weight is 303 g/mol. The predicted octanol–water partition coefficient (Wildman–Crippen LogP) is 1.81. The van der Waals surface area contributed by atoms with Crippen LogP contribution >= 0.6 is 0 Å². The molecule has 5 heteroatoms. The first kappa shape index (κ1) is 15.0. The van der Waals surface area contributed by atoms with Crippen LogP contribution in [0.5, 0.6) is 0 Å². The molecule has 2 aliphatic heterocycles. The highest BCUT2D eigenvalue weighted by atomic mass is 16.5. The molecule has 2 aliphatic rings. The highest BCUT2D eigenvalue weighted by Gasteiger charge is 2.44. The molecule has 118 valence electrons. The lowest BCUT2D eigenvalue weighted by atomic mass is 9.73. The average Bonchev–Trinajstić information content (AvgIpc) is 3.09. The topological polar surface area (TPSA) is 66.8 Å². The van der Waals surface area contributed by atoms with E-state index >= 15 is 0 Å². The Kier molecular flexibility index (Phi) is 4.16. The van der Waals surface area contributed by atoms with Crippen molar-refractivity contribution in [3.05, 3.63) is 35.9 Å². The zero-order valence-electron chi connectivity index (χ0n) is 12.5. The van der Waals surface area contributed by atoms with E-state index in [1.54, 1.807) is 4.90 Å². The Morgan fingerprint density at radius 3 is 2.41 bits per heavy atom. The number of hydrogen-bond donors (Lipinski definition) is 1. The van der Waals surface area contributed by atoms with Crippen molar-refractivity contribution in [2.24, 2.45) is 0 Å². The van der Waals surface area contributed by atoms with E-state index in [9.17, 15) is 14.7 Å². The number of ether oxygens (including phenoxy) is 1. The van der Waals surface area contributed by atoms with Gasteiger partial charge in [-0.05, 0) is 31.2 Å². The van der Waals surface area contributed by atoms with E-state index in [1.165, 1.54) is 0 Å². The summed E-state index contributed by atoms with van der Waals surface area (Å²) in [7, 11) is 0. The first-order valence-electron chi connectivity index (χ1n) is 7.83. The molecular formula is C17H21NO4. The maximum atomic E-state index is 12.4. The Bertz CT molecular complexity index is 543. The fourth-order valence-electron chi connectivity index (χ4n) is 3.47. The SMILES string of the molecule is O=C([C@@H]1CCCO1)N1CCC(C(=O)O)(c2ccccc2)CC1. The van der Waals surface area contributed by atoms with Gasteiger partial charge in [0.05, 0.1) is 5.41 Å². The number of carbonyl (C=O) groups excluding carboxylic acids is 1. The second kappa shape index (κ2) is 6.08. The number of amides is 1. The van der Waals surface area contributed by atoms with Crippen LogP contribution in [0.4, 0.5) is 0 Å². The molecule has 0 saturated carbocycles. The summed E-state index contributed by atoms with van der Waals surface area (Å²) in [5.41, 5.74) is -0.0547. The van der Waals surface area contributed by atoms with Gasteiger partial charge in [0.15, 0.2) is 0 Å². The van der Waals surface area contributed by atoms with E-state index in [4.69, 9.17) is 4.74 Å². The fourth-order valence-corrected chi connectivity index (χ4v) is 3.47. The first-order valence-corrected chi connectivity index (χ1v) is 7.83. The molecule has 3 rings (SSSR count). The molecule has 1 amide bonds. The van der Waals surface area contributed by atoms with Gasteiger partial charge < -0.3 is 14.7 Å². The second-order valence-electron chi connectivity index (χ2n) is 6.08. The third-order valence-corrected chi connectivity index (χ3v) is 4.87. The van der Waals surface area contributed by atoms with Crippen LogP contribution in [0.1, 0.15) is 31.2 Å². The number of nitrogens with zero attached hydrogens (tertiary/aromatic N) is 1. The minimum Gasteiger partial charge on any atom is -0.481 e. The first-order chi connectivity index (χ1) is 10.6. The molecule has 0 bridgehead atoms. The summed E-state index contributed by atoms with van der Waals surface area (Å²) in [4.78, 5) is 26.0. The van der Waals surface area contributed by atoms with Crippen molar-refractivity contribution < 1.29 is 19.4 Å². The summed E-state index contributed by atoms with van der Waals surface area (Å²) in [6.45, 7) is 1.59. The molecule has 2 fully saturated rings. The smallest absolute Gasteiger partial charge is 0.314 e. The van der Waals surface area contributed by atoms with Gasteiger partial charge in [-0.2, -0.15) is 0 Å². The maximum absolute atomic E-state index is 12.4. The van der Waals surface area contributed by atoms with E-state index in [2.05, 4.69) is 0 Å². The summed E-state index contributed by atoms with van der Waals surface area (Å²) in [6, 6.07) is 9.35. The van der Waals surface area contributed by atoms with Crippen LogP contribution in [-0.2, 0) is 19.7 Å². The molecule has 1 N–H and O–H groups in total. The molecule has 0 unspecified atom stereocenters. The number of benzene rings is 1. The Labute approximate surface area is 129 Å². The summed E-state index contributed by atoms with van der Waals surface area (Å²) in [5, 5.41) is 9.75. The number of piperidine rings is 1. The van der Waals surface area contributed by atoms with Crippen molar-refractivity contribution in [3.63, 3.8) is 0 Å². The fraction of sp³-hybridized carbons (Fsp3) is 0.529. The van der Waals surface area contributed by atoms with Crippen LogP contribution in [0.15, 0.2) is 30.3 Å². The summed E-state index contributed by atoms with van der Waals surface area (Å²) in [5.74, 6) is -0.785. The number of rotatable bonds is 3. The Hall–Kier alpha value is -1.88. The van der Waals surface area contributed by atoms with Gasteiger partial charge in [0, 0.05) is 19.7 Å². The molecule has 22 heavy (non-hydrogen) atoms. The molecule has 0 radical (unpaired) electrons. The second-order valence-corrected chi connectivity index (χ2v) is 6.08. The normalized spacial score (nSPS) is 24.2. The molecular weight excluding hydrogens is 282 g/mol. The predicted molar refractivity (Wildman–Crippen MR) is 80.5 cm³/mol. The summed E-state index contributed by atoms with van der Waals surface area (Å²) in [6.07, 6.45) is 2.27. The largest absolute Gasteiger partial charge is 0.481 e. The minimum absolute atomic E-state index is 0.0181. The Morgan fingerprint density at radius 2 is 1.86 bits per heavy atom. The lowest BCUT2D eigenvalue weighted by Gasteiger charge is -2.39. The number of likely N-dealkylation sites (tertiary alicyclic amines) is 1. The summed E-state index contributed by atoms with van der Waals surface area (Å²) < 4.78 is 5.44. The van der Waals surface area contributed by atoms with Crippen LogP contribution in [0.2, 0.25) is 0 Å². The molecule has 0 aliphatic carbocycles. The van der Waals surface area contributed by atoms with Gasteiger partial charge in [0.25, 0.3) is 5.91 Å². The van der Waals surface area contributed by atoms with Gasteiger partial charge in [-0.15, -0.1) is 0 Å². The van der Waals surface area contributed by atoms with Gasteiger partial charge in [-0.3, -0.25) is 9.59 Å². The number of hydrogen-bond acceptors (Lipinski definition) is 3. The van der Waals surface area contributed by atoms with E-state index < -0.39 is 11.4 Å². The zero-order valence-corrected chi connectivity index (χ0v) is 12.5. The van der Waals surface area contributed by atoms with Crippen molar-refractivity contribution in [2.45, 2.75) is 37.2 Å². The van der Waals surface area contributed by atoms with Crippen LogP contribution in [0.3, 0.4) is 0 Å². The monoisotopic (exact) mass is 303 g/mol. The van der Waals surface area contributed by atoms with Gasteiger partial charge in [-0.25, -0.2) is 0 Å². The van der Waals surface area contributed by atoms with E-state index in [0.29, 0.717) is 32.5 Å². The lowest BCUT2D eigenvalue weighted by Crippen LogP contribution is -2.51. The molecule has 0 aromatic heterocycles. The molecule has 1 aromatic carbocycles. The van der Waals surface area contributed by atoms with Crippen molar-refractivity contribution in [3.8, 4) is 0 Å².